The van der Waals surface area contributed by atoms with E-state index in [4.69, 9.17) is 11.6 Å². The number of aromatic amines is 1. The van der Waals surface area contributed by atoms with E-state index in [2.05, 4.69) is 17.1 Å². The van der Waals surface area contributed by atoms with Gasteiger partial charge in [-0.25, -0.2) is 0 Å². The van der Waals surface area contributed by atoms with Crippen molar-refractivity contribution in [1.82, 2.24) is 9.88 Å². The minimum Gasteiger partial charge on any atom is -0.358 e. The van der Waals surface area contributed by atoms with Crippen LogP contribution >= 0.6 is 23.4 Å². The van der Waals surface area contributed by atoms with Crippen molar-refractivity contribution < 1.29 is 4.79 Å². The Morgan fingerprint density at radius 2 is 1.96 bits per heavy atom. The van der Waals surface area contributed by atoms with Crippen molar-refractivity contribution >= 4 is 40.2 Å². The van der Waals surface area contributed by atoms with Gasteiger partial charge in [-0.1, -0.05) is 29.8 Å². The van der Waals surface area contributed by atoms with Crippen LogP contribution in [0.2, 0.25) is 5.02 Å². The van der Waals surface area contributed by atoms with E-state index in [0.717, 1.165) is 23.4 Å². The van der Waals surface area contributed by atoms with Crippen molar-refractivity contribution in [2.45, 2.75) is 17.9 Å². The summed E-state index contributed by atoms with van der Waals surface area (Å²) in [5.41, 5.74) is 3.69. The van der Waals surface area contributed by atoms with Crippen molar-refractivity contribution in [3.63, 3.8) is 0 Å². The first-order chi connectivity index (χ1) is 11.7. The van der Waals surface area contributed by atoms with Gasteiger partial charge in [-0.15, -0.1) is 11.8 Å². The molecule has 1 aliphatic rings. The molecule has 3 aromatic rings. The molecule has 1 N–H and O–H groups in total. The number of hydrogen-bond donors (Lipinski definition) is 1. The van der Waals surface area contributed by atoms with Gasteiger partial charge in [0.2, 0.25) is 5.91 Å². The van der Waals surface area contributed by atoms with Crippen LogP contribution in [0.3, 0.4) is 0 Å². The molecule has 2 aromatic carbocycles. The monoisotopic (exact) mass is 356 g/mol. The maximum absolute atomic E-state index is 12.6. The van der Waals surface area contributed by atoms with Crippen LogP contribution in [-0.2, 0) is 17.8 Å². The summed E-state index contributed by atoms with van der Waals surface area (Å²) in [4.78, 5) is 19.1. The smallest absolute Gasteiger partial charge is 0.233 e. The predicted octanol–water partition coefficient (Wildman–Crippen LogP) is 4.50. The van der Waals surface area contributed by atoms with E-state index in [1.54, 1.807) is 11.8 Å². The predicted molar refractivity (Wildman–Crippen MR) is 99.6 cm³/mol. The van der Waals surface area contributed by atoms with Crippen LogP contribution in [0.4, 0.5) is 0 Å². The largest absolute Gasteiger partial charge is 0.358 e. The van der Waals surface area contributed by atoms with Gasteiger partial charge in [0.1, 0.15) is 0 Å². The third-order valence-corrected chi connectivity index (χ3v) is 5.66. The van der Waals surface area contributed by atoms with Gasteiger partial charge in [0.25, 0.3) is 0 Å². The highest BCUT2D eigenvalue weighted by atomic mass is 35.5. The SMILES string of the molecule is O=C(CSc1ccc(Cl)cc1)N1CCc2[nH]c3ccccc3c2C1. The molecule has 0 radical (unpaired) electrons. The molecule has 0 bridgehead atoms. The first-order valence-corrected chi connectivity index (χ1v) is 9.31. The summed E-state index contributed by atoms with van der Waals surface area (Å²) in [5.74, 6) is 0.644. The lowest BCUT2D eigenvalue weighted by molar-refractivity contribution is -0.129. The number of thioether (sulfide) groups is 1. The Balaban J connectivity index is 1.45. The normalized spacial score (nSPS) is 14.0. The number of rotatable bonds is 3. The molecule has 0 unspecified atom stereocenters. The quantitative estimate of drug-likeness (QED) is 0.701. The van der Waals surface area contributed by atoms with E-state index in [1.165, 1.54) is 16.6 Å². The lowest BCUT2D eigenvalue weighted by Gasteiger charge is -2.27. The maximum atomic E-state index is 12.6. The average molecular weight is 357 g/mol. The molecule has 5 heteroatoms. The molecule has 4 rings (SSSR count). The summed E-state index contributed by atoms with van der Waals surface area (Å²) >= 11 is 7.45. The second-order valence-corrected chi connectivity index (χ2v) is 7.42. The molecule has 3 nitrogen and oxygen atoms in total. The van der Waals surface area contributed by atoms with Crippen molar-refractivity contribution in [2.75, 3.05) is 12.3 Å². The highest BCUT2D eigenvalue weighted by molar-refractivity contribution is 8.00. The van der Waals surface area contributed by atoms with Crippen molar-refractivity contribution in [3.8, 4) is 0 Å². The fourth-order valence-electron chi connectivity index (χ4n) is 3.15. The summed E-state index contributed by atoms with van der Waals surface area (Å²) in [7, 11) is 0. The van der Waals surface area contributed by atoms with Gasteiger partial charge in [0, 0.05) is 51.6 Å². The molecule has 1 amide bonds. The van der Waals surface area contributed by atoms with Crippen LogP contribution in [-0.4, -0.2) is 28.1 Å². The molecule has 0 aliphatic carbocycles. The van der Waals surface area contributed by atoms with Gasteiger partial charge < -0.3 is 9.88 Å². The first kappa shape index (κ1) is 15.6. The highest BCUT2D eigenvalue weighted by Crippen LogP contribution is 2.28. The minimum atomic E-state index is 0.186. The Morgan fingerprint density at radius 1 is 1.17 bits per heavy atom. The average Bonchev–Trinajstić information content (AvgIpc) is 2.99. The van der Waals surface area contributed by atoms with Gasteiger partial charge in [0.05, 0.1) is 5.75 Å². The van der Waals surface area contributed by atoms with Crippen LogP contribution in [0.25, 0.3) is 10.9 Å². The van der Waals surface area contributed by atoms with E-state index in [9.17, 15) is 4.79 Å². The first-order valence-electron chi connectivity index (χ1n) is 7.95. The fraction of sp³-hybridized carbons (Fsp3) is 0.211. The number of hydrogen-bond acceptors (Lipinski definition) is 2. The molecule has 1 aliphatic heterocycles. The number of H-pyrrole nitrogens is 1. The molecule has 0 saturated carbocycles. The molecule has 0 fully saturated rings. The van der Waals surface area contributed by atoms with Crippen molar-refractivity contribution in [3.05, 3.63) is 64.8 Å². The lowest BCUT2D eigenvalue weighted by atomic mass is 10.0. The molecular formula is C19H17ClN2OS. The van der Waals surface area contributed by atoms with Crippen molar-refractivity contribution in [1.29, 1.82) is 0 Å². The van der Waals surface area contributed by atoms with E-state index in [0.29, 0.717) is 17.3 Å². The van der Waals surface area contributed by atoms with Gasteiger partial charge in [-0.05, 0) is 30.3 Å². The summed E-state index contributed by atoms with van der Waals surface area (Å²) < 4.78 is 0. The number of carbonyl (C=O) groups excluding carboxylic acids is 1. The lowest BCUT2D eigenvalue weighted by Crippen LogP contribution is -2.36. The van der Waals surface area contributed by atoms with Crippen LogP contribution in [0, 0.1) is 0 Å². The third-order valence-electron chi connectivity index (χ3n) is 4.41. The Hall–Kier alpha value is -1.91. The molecule has 0 spiro atoms. The van der Waals surface area contributed by atoms with E-state index < -0.39 is 0 Å². The fourth-order valence-corrected chi connectivity index (χ4v) is 4.07. The number of benzene rings is 2. The van der Waals surface area contributed by atoms with E-state index in [1.807, 2.05) is 41.3 Å². The number of aromatic nitrogens is 1. The van der Waals surface area contributed by atoms with Gasteiger partial charge in [-0.2, -0.15) is 0 Å². The number of halogens is 1. The van der Waals surface area contributed by atoms with E-state index >= 15 is 0 Å². The summed E-state index contributed by atoms with van der Waals surface area (Å²) in [6.45, 7) is 1.47. The van der Waals surface area contributed by atoms with Gasteiger partial charge >= 0.3 is 0 Å². The van der Waals surface area contributed by atoms with Gasteiger partial charge in [-0.3, -0.25) is 4.79 Å². The molecule has 122 valence electrons. The molecule has 0 saturated heterocycles. The third kappa shape index (κ3) is 3.04. The number of fused-ring (bicyclic) bond motifs is 3. The van der Waals surface area contributed by atoms with Crippen molar-refractivity contribution in [2.24, 2.45) is 0 Å². The number of nitrogens with one attached hydrogen (secondary N) is 1. The molecule has 2 heterocycles. The summed E-state index contributed by atoms with van der Waals surface area (Å²) in [5, 5.41) is 1.95. The zero-order chi connectivity index (χ0) is 16.5. The van der Waals surface area contributed by atoms with Crippen LogP contribution < -0.4 is 0 Å². The Kier molecular flexibility index (Phi) is 4.25. The molecule has 24 heavy (non-hydrogen) atoms. The number of para-hydroxylation sites is 1. The summed E-state index contributed by atoms with van der Waals surface area (Å²) in [6, 6.07) is 15.9. The second-order valence-electron chi connectivity index (χ2n) is 5.94. The molecule has 0 atom stereocenters. The summed E-state index contributed by atoms with van der Waals surface area (Å²) in [6.07, 6.45) is 0.890. The number of amides is 1. The molecular weight excluding hydrogens is 340 g/mol. The standard InChI is InChI=1S/C19H17ClN2OS/c20-13-5-7-14(8-6-13)24-12-19(23)22-10-9-18-16(11-22)15-3-1-2-4-17(15)21-18/h1-8,21H,9-12H2. The topological polar surface area (TPSA) is 36.1 Å². The number of carbonyl (C=O) groups is 1. The zero-order valence-electron chi connectivity index (χ0n) is 13.1. The van der Waals surface area contributed by atoms with E-state index in [-0.39, 0.29) is 5.91 Å². The maximum Gasteiger partial charge on any atom is 0.233 e. The Bertz CT molecular complexity index is 888. The second kappa shape index (κ2) is 6.54. The molecule has 1 aromatic heterocycles. The highest BCUT2D eigenvalue weighted by Gasteiger charge is 2.23. The van der Waals surface area contributed by atoms with Crippen LogP contribution in [0.15, 0.2) is 53.4 Å². The number of nitrogens with zero attached hydrogens (tertiary/aromatic N) is 1. The minimum absolute atomic E-state index is 0.186. The van der Waals surface area contributed by atoms with Gasteiger partial charge in [0.15, 0.2) is 0 Å². The Morgan fingerprint density at radius 3 is 2.79 bits per heavy atom. The zero-order valence-corrected chi connectivity index (χ0v) is 14.7. The Labute approximate surface area is 150 Å². The van der Waals surface area contributed by atoms with Crippen LogP contribution in [0.1, 0.15) is 11.3 Å². The van der Waals surface area contributed by atoms with Crippen LogP contribution in [0.5, 0.6) is 0 Å².